The molecule has 0 unspecified atom stereocenters. The van der Waals surface area contributed by atoms with Gasteiger partial charge in [0.05, 0.1) is 0 Å². The van der Waals surface area contributed by atoms with Gasteiger partial charge in [-0.15, -0.1) is 0 Å². The Morgan fingerprint density at radius 3 is 2.57 bits per heavy atom. The monoisotopic (exact) mass is 118 g/mol. The van der Waals surface area contributed by atoms with E-state index in [1.54, 1.807) is 0 Å². The Balaban J connectivity index is 3.17. The zero-order chi connectivity index (χ0) is 5.70. The molecule has 0 rings (SSSR count). The minimum atomic E-state index is 0.144. The van der Waals surface area contributed by atoms with Crippen molar-refractivity contribution in [3.63, 3.8) is 0 Å². The summed E-state index contributed by atoms with van der Waals surface area (Å²) in [7, 11) is 0. The SMILES string of the molecule is C=CC(=C)OCCl. The highest BCUT2D eigenvalue weighted by Crippen LogP contribution is 1.93. The van der Waals surface area contributed by atoms with Crippen LogP contribution < -0.4 is 0 Å². The van der Waals surface area contributed by atoms with Crippen molar-refractivity contribution in [1.82, 2.24) is 0 Å². The van der Waals surface area contributed by atoms with Crippen LogP contribution in [0.5, 0.6) is 0 Å². The predicted octanol–water partition coefficient (Wildman–Crippen LogP) is 1.90. The van der Waals surface area contributed by atoms with Crippen molar-refractivity contribution in [1.29, 1.82) is 0 Å². The van der Waals surface area contributed by atoms with Gasteiger partial charge in [-0.3, -0.25) is 0 Å². The van der Waals surface area contributed by atoms with Gasteiger partial charge in [-0.25, -0.2) is 0 Å². The lowest BCUT2D eigenvalue weighted by Gasteiger charge is -1.95. The molecule has 7 heavy (non-hydrogen) atoms. The highest BCUT2D eigenvalue weighted by Gasteiger charge is 1.78. The van der Waals surface area contributed by atoms with E-state index in [1.807, 2.05) is 0 Å². The van der Waals surface area contributed by atoms with Crippen LogP contribution in [0.2, 0.25) is 0 Å². The number of ether oxygens (including phenoxy) is 1. The first-order valence-electron chi connectivity index (χ1n) is 1.81. The Hall–Kier alpha value is -0.430. The molecule has 2 heteroatoms. The van der Waals surface area contributed by atoms with Gasteiger partial charge in [-0.1, -0.05) is 24.8 Å². The van der Waals surface area contributed by atoms with Crippen molar-refractivity contribution in [3.05, 3.63) is 25.0 Å². The molecule has 0 N–H and O–H groups in total. The first-order valence-corrected chi connectivity index (χ1v) is 2.35. The van der Waals surface area contributed by atoms with Gasteiger partial charge in [-0.2, -0.15) is 0 Å². The van der Waals surface area contributed by atoms with E-state index < -0.39 is 0 Å². The van der Waals surface area contributed by atoms with Crippen molar-refractivity contribution >= 4 is 11.6 Å². The predicted molar refractivity (Wildman–Crippen MR) is 31.1 cm³/mol. The van der Waals surface area contributed by atoms with Crippen molar-refractivity contribution in [3.8, 4) is 0 Å². The van der Waals surface area contributed by atoms with Gasteiger partial charge in [0.25, 0.3) is 0 Å². The van der Waals surface area contributed by atoms with Gasteiger partial charge < -0.3 is 4.74 Å². The van der Waals surface area contributed by atoms with Gasteiger partial charge in [0.1, 0.15) is 5.76 Å². The zero-order valence-corrected chi connectivity index (χ0v) is 4.74. The number of halogens is 1. The molecule has 0 atom stereocenters. The average Bonchev–Trinajstić information content (AvgIpc) is 1.68. The van der Waals surface area contributed by atoms with E-state index in [2.05, 4.69) is 17.9 Å². The molecule has 1 nitrogen and oxygen atoms in total. The number of rotatable bonds is 3. The fourth-order valence-electron chi connectivity index (χ4n) is 0.129. The second-order valence-corrected chi connectivity index (χ2v) is 1.14. The Morgan fingerprint density at radius 1 is 1.86 bits per heavy atom. The smallest absolute Gasteiger partial charge is 0.162 e. The van der Waals surface area contributed by atoms with Crippen molar-refractivity contribution < 1.29 is 4.74 Å². The first-order chi connectivity index (χ1) is 3.31. The molecule has 0 aromatic heterocycles. The summed E-state index contributed by atoms with van der Waals surface area (Å²) in [5, 5.41) is 0. The maximum atomic E-state index is 5.14. The van der Waals surface area contributed by atoms with Gasteiger partial charge in [0.2, 0.25) is 0 Å². The molecular formula is C5H7ClO. The highest BCUT2D eigenvalue weighted by molar-refractivity contribution is 6.17. The van der Waals surface area contributed by atoms with Crippen LogP contribution in [0.15, 0.2) is 25.0 Å². The number of alkyl halides is 1. The van der Waals surface area contributed by atoms with Gasteiger partial charge in [0, 0.05) is 0 Å². The maximum Gasteiger partial charge on any atom is 0.162 e. The summed E-state index contributed by atoms with van der Waals surface area (Å²) in [6.07, 6.45) is 1.50. The summed E-state index contributed by atoms with van der Waals surface area (Å²) in [5.74, 6) is 0.509. The molecular weight excluding hydrogens is 112 g/mol. The van der Waals surface area contributed by atoms with Crippen LogP contribution in [0.4, 0.5) is 0 Å². The molecule has 40 valence electrons. The summed E-state index contributed by atoms with van der Waals surface area (Å²) >= 11 is 5.14. The third-order valence-corrected chi connectivity index (χ3v) is 0.577. The summed E-state index contributed by atoms with van der Waals surface area (Å²) in [4.78, 5) is 0. The van der Waals surface area contributed by atoms with Gasteiger partial charge >= 0.3 is 0 Å². The van der Waals surface area contributed by atoms with Crippen molar-refractivity contribution in [2.24, 2.45) is 0 Å². The molecule has 0 saturated carbocycles. The molecule has 0 spiro atoms. The minimum absolute atomic E-state index is 0.144. The molecule has 0 saturated heterocycles. The lowest BCUT2D eigenvalue weighted by atomic mass is 10.6. The number of allylic oxidation sites excluding steroid dienone is 1. The molecule has 0 aliphatic heterocycles. The average molecular weight is 119 g/mol. The van der Waals surface area contributed by atoms with Crippen molar-refractivity contribution in [2.75, 3.05) is 6.07 Å². The Kier molecular flexibility index (Phi) is 3.52. The van der Waals surface area contributed by atoms with E-state index in [9.17, 15) is 0 Å². The van der Waals surface area contributed by atoms with E-state index in [-0.39, 0.29) is 6.07 Å². The van der Waals surface area contributed by atoms with Crippen LogP contribution in [0, 0.1) is 0 Å². The quantitative estimate of drug-likeness (QED) is 0.313. The van der Waals surface area contributed by atoms with Gasteiger partial charge in [-0.05, 0) is 6.08 Å². The third-order valence-electron chi connectivity index (χ3n) is 0.468. The van der Waals surface area contributed by atoms with Crippen LogP contribution >= 0.6 is 11.6 Å². The van der Waals surface area contributed by atoms with Crippen molar-refractivity contribution in [2.45, 2.75) is 0 Å². The highest BCUT2D eigenvalue weighted by atomic mass is 35.5. The summed E-state index contributed by atoms with van der Waals surface area (Å²) in [6, 6.07) is 0.144. The Bertz CT molecular complexity index is 78.1. The summed E-state index contributed by atoms with van der Waals surface area (Å²) in [5.41, 5.74) is 0. The fraction of sp³-hybridized carbons (Fsp3) is 0.200. The van der Waals surface area contributed by atoms with E-state index in [1.165, 1.54) is 6.08 Å². The minimum Gasteiger partial charge on any atom is -0.479 e. The third kappa shape index (κ3) is 3.40. The molecule has 0 amide bonds. The second-order valence-electron chi connectivity index (χ2n) is 0.924. The van der Waals surface area contributed by atoms with E-state index in [0.717, 1.165) is 0 Å². The van der Waals surface area contributed by atoms with E-state index in [0.29, 0.717) is 5.76 Å². The van der Waals surface area contributed by atoms with E-state index in [4.69, 9.17) is 11.6 Å². The summed E-state index contributed by atoms with van der Waals surface area (Å²) in [6.45, 7) is 6.83. The number of hydrogen-bond donors (Lipinski definition) is 0. The van der Waals surface area contributed by atoms with Crippen LogP contribution in [-0.4, -0.2) is 6.07 Å². The van der Waals surface area contributed by atoms with E-state index >= 15 is 0 Å². The first kappa shape index (κ1) is 6.57. The lowest BCUT2D eigenvalue weighted by molar-refractivity contribution is 0.285. The second kappa shape index (κ2) is 3.75. The van der Waals surface area contributed by atoms with Crippen LogP contribution in [0.3, 0.4) is 0 Å². The number of hydrogen-bond acceptors (Lipinski definition) is 1. The molecule has 0 aromatic rings. The maximum absolute atomic E-state index is 5.14. The topological polar surface area (TPSA) is 9.23 Å². The Morgan fingerprint density at radius 2 is 2.43 bits per heavy atom. The zero-order valence-electron chi connectivity index (χ0n) is 3.98. The molecule has 0 aliphatic carbocycles. The molecule has 0 heterocycles. The Labute approximate surface area is 48.2 Å². The van der Waals surface area contributed by atoms with Crippen LogP contribution in [0.1, 0.15) is 0 Å². The molecule has 0 aromatic carbocycles. The normalized spacial score (nSPS) is 7.57. The summed E-state index contributed by atoms with van der Waals surface area (Å²) < 4.78 is 4.64. The van der Waals surface area contributed by atoms with Crippen LogP contribution in [-0.2, 0) is 4.74 Å². The standard InChI is InChI=1S/C5H7ClO/c1-3-5(2)7-4-6/h3H,1-2,4H2. The fourth-order valence-corrected chi connectivity index (χ4v) is 0.269. The largest absolute Gasteiger partial charge is 0.479 e. The molecule has 0 bridgehead atoms. The molecule has 0 aliphatic rings. The van der Waals surface area contributed by atoms with Crippen LogP contribution in [0.25, 0.3) is 0 Å². The molecule has 0 fully saturated rings. The van der Waals surface area contributed by atoms with Gasteiger partial charge in [0.15, 0.2) is 6.07 Å². The molecule has 0 radical (unpaired) electrons. The lowest BCUT2D eigenvalue weighted by Crippen LogP contribution is -1.80.